The third-order valence-corrected chi connectivity index (χ3v) is 4.30. The molecule has 0 spiro atoms. The fourth-order valence-electron chi connectivity index (χ4n) is 2.78. The van der Waals surface area contributed by atoms with Crippen LogP contribution in [0.1, 0.15) is 32.6 Å². The van der Waals surface area contributed by atoms with E-state index in [1.54, 1.807) is 0 Å². The Labute approximate surface area is 122 Å². The van der Waals surface area contributed by atoms with Gasteiger partial charge in [-0.25, -0.2) is 0 Å². The predicted molar refractivity (Wildman–Crippen MR) is 83.0 cm³/mol. The zero-order valence-corrected chi connectivity index (χ0v) is 12.7. The summed E-state index contributed by atoms with van der Waals surface area (Å²) in [6, 6.07) is 4.68. The van der Waals surface area contributed by atoms with Crippen LogP contribution in [0.15, 0.2) is 24.5 Å². The highest BCUT2D eigenvalue weighted by Crippen LogP contribution is 2.17. The van der Waals surface area contributed by atoms with Crippen LogP contribution in [0, 0.1) is 0 Å². The molecule has 1 aromatic rings. The highest BCUT2D eigenvalue weighted by Gasteiger charge is 2.20. The minimum atomic E-state index is -0.0452. The summed E-state index contributed by atoms with van der Waals surface area (Å²) in [5.74, 6) is 0. The molecule has 112 valence electrons. The minimum absolute atomic E-state index is 0.0452. The molecule has 3 heterocycles. The number of aliphatic hydroxyl groups excluding tert-OH is 1. The average Bonchev–Trinajstić information content (AvgIpc) is 2.99. The Kier molecular flexibility index (Phi) is 5.80. The van der Waals surface area contributed by atoms with E-state index in [-0.39, 0.29) is 6.10 Å². The summed E-state index contributed by atoms with van der Waals surface area (Å²) >= 11 is 0. The molecule has 0 amide bonds. The lowest BCUT2D eigenvalue weighted by molar-refractivity contribution is 0.0624. The van der Waals surface area contributed by atoms with Gasteiger partial charge in [-0.3, -0.25) is 4.98 Å². The summed E-state index contributed by atoms with van der Waals surface area (Å²) in [5.41, 5.74) is 1.27. The van der Waals surface area contributed by atoms with Crippen molar-refractivity contribution in [1.82, 2.24) is 9.88 Å². The van der Waals surface area contributed by atoms with Crippen LogP contribution < -0.4 is 4.90 Å². The summed E-state index contributed by atoms with van der Waals surface area (Å²) in [4.78, 5) is 8.75. The van der Waals surface area contributed by atoms with Gasteiger partial charge in [0.05, 0.1) is 18.0 Å². The molecular weight excluding hydrogens is 250 g/mol. The lowest BCUT2D eigenvalue weighted by Crippen LogP contribution is -2.39. The molecule has 0 radical (unpaired) electrons. The molecule has 2 aliphatic rings. The van der Waals surface area contributed by atoms with Gasteiger partial charge in [0.2, 0.25) is 0 Å². The number of aromatic nitrogens is 1. The van der Waals surface area contributed by atoms with Gasteiger partial charge in [0, 0.05) is 31.9 Å². The molecule has 2 aliphatic heterocycles. The van der Waals surface area contributed by atoms with Gasteiger partial charge in [-0.05, 0) is 51.8 Å². The normalized spacial score (nSPS) is 27.1. The Hall–Kier alpha value is -1.13. The Morgan fingerprint density at radius 2 is 2.00 bits per heavy atom. The maximum atomic E-state index is 9.17. The molecule has 0 aliphatic carbocycles. The van der Waals surface area contributed by atoms with E-state index in [1.165, 1.54) is 31.6 Å². The van der Waals surface area contributed by atoms with Crippen LogP contribution in [0.5, 0.6) is 0 Å². The van der Waals surface area contributed by atoms with Crippen LogP contribution >= 0.6 is 0 Å². The molecule has 0 saturated carbocycles. The van der Waals surface area contributed by atoms with Gasteiger partial charge in [0.25, 0.3) is 0 Å². The number of aliphatic hydroxyl groups is 1. The van der Waals surface area contributed by atoms with Crippen molar-refractivity contribution in [2.24, 2.45) is 0 Å². The fourth-order valence-corrected chi connectivity index (χ4v) is 2.78. The van der Waals surface area contributed by atoms with Crippen LogP contribution in [-0.2, 0) is 0 Å². The molecular formula is C16H27N3O. The number of anilines is 1. The average molecular weight is 277 g/mol. The second-order valence-corrected chi connectivity index (χ2v) is 5.91. The van der Waals surface area contributed by atoms with E-state index in [4.69, 9.17) is 0 Å². The topological polar surface area (TPSA) is 39.6 Å². The van der Waals surface area contributed by atoms with E-state index < -0.39 is 0 Å². The van der Waals surface area contributed by atoms with Crippen LogP contribution in [0.2, 0.25) is 0 Å². The second-order valence-electron chi connectivity index (χ2n) is 5.91. The zero-order chi connectivity index (χ0) is 14.4. The number of nitrogens with zero attached hydrogens (tertiary/aromatic N) is 3. The Bertz CT molecular complexity index is 379. The second kappa shape index (κ2) is 7.60. The van der Waals surface area contributed by atoms with E-state index in [1.807, 2.05) is 18.5 Å². The molecule has 4 nitrogen and oxygen atoms in total. The van der Waals surface area contributed by atoms with Crippen molar-refractivity contribution in [3.63, 3.8) is 0 Å². The molecule has 20 heavy (non-hydrogen) atoms. The molecule has 1 aromatic heterocycles. The first-order valence-corrected chi connectivity index (χ1v) is 7.70. The number of pyridine rings is 1. The molecule has 2 atom stereocenters. The largest absolute Gasteiger partial charge is 0.393 e. The summed E-state index contributed by atoms with van der Waals surface area (Å²) < 4.78 is 0. The van der Waals surface area contributed by atoms with Crippen molar-refractivity contribution in [3.05, 3.63) is 24.5 Å². The number of likely N-dealkylation sites (tertiary alicyclic amines) is 1. The first kappa shape index (κ1) is 15.3. The molecule has 0 bridgehead atoms. The summed E-state index contributed by atoms with van der Waals surface area (Å²) in [6.07, 6.45) is 8.25. The van der Waals surface area contributed by atoms with Gasteiger partial charge in [0.1, 0.15) is 0 Å². The third kappa shape index (κ3) is 4.46. The van der Waals surface area contributed by atoms with Crippen molar-refractivity contribution in [2.75, 3.05) is 31.6 Å². The quantitative estimate of drug-likeness (QED) is 0.854. The summed E-state index contributed by atoms with van der Waals surface area (Å²) in [5, 5.41) is 9.17. The standard InChI is InChI=1S/C9H12N2.C7H15NO/c1-2-7-11(6-1)9-4-3-5-10-8-9;1-6-5-7(9)3-4-8(6)2/h3-5,8H,1-2,6-7H2;6-7,9H,3-5H2,1-2H3. The number of piperidine rings is 1. The highest BCUT2D eigenvalue weighted by atomic mass is 16.3. The van der Waals surface area contributed by atoms with E-state index in [0.717, 1.165) is 19.4 Å². The maximum Gasteiger partial charge on any atom is 0.0567 e. The van der Waals surface area contributed by atoms with Gasteiger partial charge in [0.15, 0.2) is 0 Å². The zero-order valence-electron chi connectivity index (χ0n) is 12.7. The molecule has 3 rings (SSSR count). The van der Waals surface area contributed by atoms with Crippen LogP contribution in [0.25, 0.3) is 0 Å². The van der Waals surface area contributed by atoms with E-state index in [2.05, 4.69) is 34.8 Å². The monoisotopic (exact) mass is 277 g/mol. The van der Waals surface area contributed by atoms with E-state index >= 15 is 0 Å². The Balaban J connectivity index is 0.000000151. The third-order valence-electron chi connectivity index (χ3n) is 4.30. The maximum absolute atomic E-state index is 9.17. The van der Waals surface area contributed by atoms with Crippen molar-refractivity contribution in [2.45, 2.75) is 44.8 Å². The Morgan fingerprint density at radius 3 is 2.55 bits per heavy atom. The van der Waals surface area contributed by atoms with Gasteiger partial charge in [-0.1, -0.05) is 0 Å². The van der Waals surface area contributed by atoms with Crippen molar-refractivity contribution in [3.8, 4) is 0 Å². The minimum Gasteiger partial charge on any atom is -0.393 e. The molecule has 0 aromatic carbocycles. The molecule has 2 unspecified atom stereocenters. The number of rotatable bonds is 1. The molecule has 2 fully saturated rings. The first-order valence-electron chi connectivity index (χ1n) is 7.70. The van der Waals surface area contributed by atoms with Gasteiger partial charge < -0.3 is 14.9 Å². The summed E-state index contributed by atoms with van der Waals surface area (Å²) in [7, 11) is 2.11. The van der Waals surface area contributed by atoms with Gasteiger partial charge in [-0.15, -0.1) is 0 Å². The van der Waals surface area contributed by atoms with E-state index in [9.17, 15) is 5.11 Å². The predicted octanol–water partition coefficient (Wildman–Crippen LogP) is 2.14. The highest BCUT2D eigenvalue weighted by molar-refractivity contribution is 5.44. The van der Waals surface area contributed by atoms with E-state index in [0.29, 0.717) is 6.04 Å². The Morgan fingerprint density at radius 1 is 1.25 bits per heavy atom. The fraction of sp³-hybridized carbons (Fsp3) is 0.688. The number of hydrogen-bond acceptors (Lipinski definition) is 4. The van der Waals surface area contributed by atoms with Crippen molar-refractivity contribution >= 4 is 5.69 Å². The number of hydrogen-bond donors (Lipinski definition) is 1. The van der Waals surface area contributed by atoms with Crippen molar-refractivity contribution < 1.29 is 5.11 Å². The first-order chi connectivity index (χ1) is 9.66. The van der Waals surface area contributed by atoms with Gasteiger partial charge in [-0.2, -0.15) is 0 Å². The van der Waals surface area contributed by atoms with Crippen LogP contribution in [-0.4, -0.2) is 53.8 Å². The SMILES string of the molecule is CC1CC(O)CCN1C.c1cncc(N2CCCC2)c1. The molecule has 1 N–H and O–H groups in total. The van der Waals surface area contributed by atoms with Gasteiger partial charge >= 0.3 is 0 Å². The van der Waals surface area contributed by atoms with Crippen LogP contribution in [0.4, 0.5) is 5.69 Å². The van der Waals surface area contributed by atoms with Crippen molar-refractivity contribution in [1.29, 1.82) is 0 Å². The lowest BCUT2D eigenvalue weighted by atomic mass is 10.0. The molecule has 2 saturated heterocycles. The molecule has 4 heteroatoms. The lowest BCUT2D eigenvalue weighted by Gasteiger charge is -2.32. The smallest absolute Gasteiger partial charge is 0.0567 e. The van der Waals surface area contributed by atoms with Crippen LogP contribution in [0.3, 0.4) is 0 Å². The summed E-state index contributed by atoms with van der Waals surface area (Å²) in [6.45, 7) is 5.60.